The van der Waals surface area contributed by atoms with Crippen molar-refractivity contribution in [3.05, 3.63) is 78.2 Å². The Hall–Kier alpha value is -3.38. The minimum atomic E-state index is -1.06. The molecule has 10 nitrogen and oxygen atoms in total. The molecule has 0 unspecified atom stereocenters. The zero-order chi connectivity index (χ0) is 37.1. The van der Waals surface area contributed by atoms with Gasteiger partial charge in [-0.05, 0) is 119 Å². The molecule has 1 fully saturated rings. The molecule has 52 heavy (non-hydrogen) atoms. The molecule has 11 heteroatoms. The fourth-order valence-corrected chi connectivity index (χ4v) is 9.30. The SMILES string of the molecule is C=CCO[C@@]12Oc3ccc(OC(=O)NCC)cc3[C@H]3[C@H](CCCCO)[C@@H](CCCCO)C=C(C(=NOC(C)(C)C)C[C@@H]1SCCc1ccncc1)[C@H]32. The van der Waals surface area contributed by atoms with Gasteiger partial charge >= 0.3 is 6.09 Å². The lowest BCUT2D eigenvalue weighted by atomic mass is 9.56. The number of oxime groups is 1. The van der Waals surface area contributed by atoms with E-state index in [2.05, 4.69) is 35.1 Å². The van der Waals surface area contributed by atoms with Crippen molar-refractivity contribution in [3.63, 3.8) is 0 Å². The standard InChI is InChI=1S/C41H57N3O7S/c1-6-23-48-41-36(52-24-18-28-16-19-42-20-17-28)27-34(44-51-40(3,4)5)32-25-29(12-8-10-21-45)31(13-9-11-22-46)37(38(32)41)33-26-30(14-15-35(33)50-41)49-39(47)43-7-2/h6,14-17,19-20,25-26,29,31,36-38,45-46H,1,7-13,18,21-24,27H2,2-5H3,(H,43,47)/t29-,31+,36-,37+,38+,41+/m0/s1. The van der Waals surface area contributed by atoms with Gasteiger partial charge in [0.15, 0.2) is 0 Å². The number of rotatable bonds is 18. The topological polar surface area (TPSA) is 132 Å². The van der Waals surface area contributed by atoms with Gasteiger partial charge in [-0.15, -0.1) is 6.58 Å². The number of unbranched alkanes of at least 4 members (excludes halogenated alkanes) is 2. The first-order valence-electron chi connectivity index (χ1n) is 18.9. The molecule has 5 rings (SSSR count). The first kappa shape index (κ1) is 39.8. The van der Waals surface area contributed by atoms with E-state index < -0.39 is 17.5 Å². The molecule has 1 aliphatic heterocycles. The first-order chi connectivity index (χ1) is 25.1. The van der Waals surface area contributed by atoms with Crippen LogP contribution in [0.2, 0.25) is 0 Å². The first-order valence-corrected chi connectivity index (χ1v) is 19.9. The number of aryl methyl sites for hydroxylation is 1. The van der Waals surface area contributed by atoms with E-state index in [0.29, 0.717) is 37.5 Å². The molecule has 2 aromatic rings. The van der Waals surface area contributed by atoms with E-state index in [1.807, 2.05) is 64.0 Å². The number of fused-ring (bicyclic) bond motifs is 2. The molecule has 1 amide bonds. The van der Waals surface area contributed by atoms with Crippen molar-refractivity contribution < 1.29 is 34.1 Å². The van der Waals surface area contributed by atoms with Gasteiger partial charge in [-0.1, -0.05) is 30.1 Å². The number of hydrogen-bond acceptors (Lipinski definition) is 10. The Labute approximate surface area is 313 Å². The maximum Gasteiger partial charge on any atom is 0.412 e. The van der Waals surface area contributed by atoms with Crippen LogP contribution in [0.25, 0.3) is 0 Å². The number of hydrogen-bond donors (Lipinski definition) is 3. The average Bonchev–Trinajstić information content (AvgIpc) is 3.12. The lowest BCUT2D eigenvalue weighted by Gasteiger charge is -2.58. The fourth-order valence-electron chi connectivity index (χ4n) is 7.89. The molecule has 3 N–H and O–H groups in total. The summed E-state index contributed by atoms with van der Waals surface area (Å²) in [6, 6.07) is 9.76. The molecule has 0 spiro atoms. The number of aromatic nitrogens is 1. The lowest BCUT2D eigenvalue weighted by Crippen LogP contribution is -2.64. The number of ether oxygens (including phenoxy) is 3. The highest BCUT2D eigenvalue weighted by Gasteiger charge is 2.64. The van der Waals surface area contributed by atoms with Gasteiger partial charge in [0.2, 0.25) is 5.79 Å². The number of pyridine rings is 1. The average molecular weight is 736 g/mol. The van der Waals surface area contributed by atoms with Crippen LogP contribution in [0, 0.1) is 17.8 Å². The van der Waals surface area contributed by atoms with Crippen molar-refractivity contribution in [2.75, 3.05) is 32.1 Å². The van der Waals surface area contributed by atoms with Crippen LogP contribution in [0.1, 0.15) is 89.7 Å². The van der Waals surface area contributed by atoms with Crippen LogP contribution in [0.5, 0.6) is 11.5 Å². The van der Waals surface area contributed by atoms with Crippen molar-refractivity contribution in [2.24, 2.45) is 22.9 Å². The highest BCUT2D eigenvalue weighted by atomic mass is 32.2. The number of aliphatic hydroxyl groups is 2. The summed E-state index contributed by atoms with van der Waals surface area (Å²) >= 11 is 1.83. The van der Waals surface area contributed by atoms with Crippen molar-refractivity contribution in [3.8, 4) is 11.5 Å². The molecule has 0 bridgehead atoms. The van der Waals surface area contributed by atoms with Gasteiger partial charge in [0, 0.05) is 50.1 Å². The van der Waals surface area contributed by atoms with Crippen LogP contribution in [0.4, 0.5) is 4.79 Å². The van der Waals surface area contributed by atoms with Crippen LogP contribution in [-0.2, 0) is 16.0 Å². The number of carbonyl (C=O) groups excluding carboxylic acids is 1. The number of aliphatic hydroxyl groups excluding tert-OH is 2. The Bertz CT molecular complexity index is 1540. The highest BCUT2D eigenvalue weighted by molar-refractivity contribution is 8.00. The van der Waals surface area contributed by atoms with E-state index in [-0.39, 0.29) is 42.1 Å². The maximum atomic E-state index is 12.6. The molecular formula is C41H57N3O7S. The van der Waals surface area contributed by atoms with E-state index in [9.17, 15) is 15.0 Å². The van der Waals surface area contributed by atoms with Gasteiger partial charge in [0.25, 0.3) is 0 Å². The zero-order valence-electron chi connectivity index (χ0n) is 31.2. The van der Waals surface area contributed by atoms with Gasteiger partial charge in [0.05, 0.1) is 23.5 Å². The molecule has 0 saturated heterocycles. The molecule has 2 aliphatic carbocycles. The van der Waals surface area contributed by atoms with E-state index in [4.69, 9.17) is 24.2 Å². The van der Waals surface area contributed by atoms with Gasteiger partial charge < -0.3 is 34.6 Å². The van der Waals surface area contributed by atoms with Crippen molar-refractivity contribution in [1.82, 2.24) is 10.3 Å². The summed E-state index contributed by atoms with van der Waals surface area (Å²) in [4.78, 5) is 23.0. The summed E-state index contributed by atoms with van der Waals surface area (Å²) in [6.45, 7) is 12.9. The quantitative estimate of drug-likeness (QED) is 0.0805. The number of nitrogens with zero attached hydrogens (tertiary/aromatic N) is 2. The lowest BCUT2D eigenvalue weighted by molar-refractivity contribution is -0.223. The second-order valence-corrected chi connectivity index (χ2v) is 16.2. The predicted octanol–water partition coefficient (Wildman–Crippen LogP) is 7.60. The Balaban J connectivity index is 1.69. The molecule has 1 saturated carbocycles. The van der Waals surface area contributed by atoms with E-state index in [1.54, 1.807) is 12.1 Å². The van der Waals surface area contributed by atoms with E-state index in [0.717, 1.165) is 61.1 Å². The predicted molar refractivity (Wildman–Crippen MR) is 206 cm³/mol. The second-order valence-electron chi connectivity index (χ2n) is 14.8. The second kappa shape index (κ2) is 18.6. The third-order valence-corrected chi connectivity index (χ3v) is 11.4. The van der Waals surface area contributed by atoms with Crippen LogP contribution in [-0.4, -0.2) is 75.8 Å². The van der Waals surface area contributed by atoms with Gasteiger partial charge in [0.1, 0.15) is 17.1 Å². The van der Waals surface area contributed by atoms with E-state index >= 15 is 0 Å². The minimum absolute atomic E-state index is 0.0902. The fraction of sp³-hybridized carbons (Fsp3) is 0.585. The molecule has 1 aromatic carbocycles. The Morgan fingerprint density at radius 3 is 2.58 bits per heavy atom. The zero-order valence-corrected chi connectivity index (χ0v) is 32.0. The van der Waals surface area contributed by atoms with Crippen molar-refractivity contribution >= 4 is 23.6 Å². The van der Waals surface area contributed by atoms with Gasteiger partial charge in [-0.25, -0.2) is 4.79 Å². The largest absolute Gasteiger partial charge is 0.460 e. The van der Waals surface area contributed by atoms with Crippen LogP contribution in [0.3, 0.4) is 0 Å². The third kappa shape index (κ3) is 9.58. The Morgan fingerprint density at radius 2 is 1.88 bits per heavy atom. The number of nitrogens with one attached hydrogen (secondary N) is 1. The number of amides is 1. The summed E-state index contributed by atoms with van der Waals surface area (Å²) in [5.74, 6) is 0.883. The maximum absolute atomic E-state index is 12.6. The molecule has 2 heterocycles. The molecule has 3 aliphatic rings. The van der Waals surface area contributed by atoms with Crippen molar-refractivity contribution in [2.45, 2.75) is 102 Å². The van der Waals surface area contributed by atoms with Crippen LogP contribution < -0.4 is 14.8 Å². The number of allylic oxidation sites excluding steroid dienone is 1. The summed E-state index contributed by atoms with van der Waals surface area (Å²) in [5.41, 5.74) is 3.65. The Morgan fingerprint density at radius 1 is 1.13 bits per heavy atom. The Kier molecular flexibility index (Phi) is 14.2. The number of benzene rings is 1. The van der Waals surface area contributed by atoms with Gasteiger partial charge in [-0.2, -0.15) is 11.8 Å². The van der Waals surface area contributed by atoms with Crippen LogP contribution >= 0.6 is 11.8 Å². The van der Waals surface area contributed by atoms with Crippen LogP contribution in [0.15, 0.2) is 72.2 Å². The summed E-state index contributed by atoms with van der Waals surface area (Å²) in [7, 11) is 0. The summed E-state index contributed by atoms with van der Waals surface area (Å²) < 4.78 is 20.0. The third-order valence-electron chi connectivity index (χ3n) is 10.0. The highest BCUT2D eigenvalue weighted by Crippen LogP contribution is 2.62. The molecule has 0 radical (unpaired) electrons. The normalized spacial score (nSPS) is 25.7. The number of carbonyl (C=O) groups is 1. The number of thioether (sulfide) groups is 1. The summed E-state index contributed by atoms with van der Waals surface area (Å²) in [5, 5.41) is 27.1. The molecule has 284 valence electrons. The smallest absolute Gasteiger partial charge is 0.412 e. The molecule has 1 aromatic heterocycles. The minimum Gasteiger partial charge on any atom is -0.460 e. The van der Waals surface area contributed by atoms with E-state index in [1.165, 1.54) is 5.56 Å². The summed E-state index contributed by atoms with van der Waals surface area (Å²) in [6.07, 6.45) is 13.7. The van der Waals surface area contributed by atoms with Crippen molar-refractivity contribution in [1.29, 1.82) is 0 Å². The molecular weight excluding hydrogens is 679 g/mol. The monoisotopic (exact) mass is 735 g/mol. The van der Waals surface area contributed by atoms with Gasteiger partial charge in [-0.3, -0.25) is 4.98 Å². The molecule has 6 atom stereocenters.